The van der Waals surface area contributed by atoms with Crippen LogP contribution in [0.4, 0.5) is 4.39 Å². The van der Waals surface area contributed by atoms with Crippen molar-refractivity contribution < 1.29 is 13.6 Å². The van der Waals surface area contributed by atoms with E-state index in [0.717, 1.165) is 25.9 Å². The molecule has 1 amide bonds. The number of rotatable bonds is 2. The van der Waals surface area contributed by atoms with Crippen molar-refractivity contribution in [2.24, 2.45) is 0 Å². The van der Waals surface area contributed by atoms with Crippen LogP contribution in [0.5, 0.6) is 0 Å². The summed E-state index contributed by atoms with van der Waals surface area (Å²) in [6.07, 6.45) is 3.53. The highest BCUT2D eigenvalue weighted by atomic mass is 19.1. The number of amides is 1. The Morgan fingerprint density at radius 1 is 1.21 bits per heavy atom. The summed E-state index contributed by atoms with van der Waals surface area (Å²) in [5, 5.41) is 0. The molecule has 1 saturated heterocycles. The molecule has 0 saturated carbocycles. The number of carbonyl (C=O) groups is 1. The van der Waals surface area contributed by atoms with Crippen LogP contribution in [0.25, 0.3) is 11.3 Å². The van der Waals surface area contributed by atoms with Gasteiger partial charge in [0.1, 0.15) is 11.6 Å². The van der Waals surface area contributed by atoms with Gasteiger partial charge in [-0.15, -0.1) is 0 Å². The molecule has 0 bridgehead atoms. The van der Waals surface area contributed by atoms with E-state index in [1.807, 2.05) is 0 Å². The molecule has 1 aromatic carbocycles. The van der Waals surface area contributed by atoms with Crippen LogP contribution in [-0.2, 0) is 0 Å². The molecule has 1 aliphatic heterocycles. The fraction of sp³-hybridized carbons (Fsp3) is 0.267. The fourth-order valence-corrected chi connectivity index (χ4v) is 2.38. The van der Waals surface area contributed by atoms with Gasteiger partial charge in [0.05, 0.1) is 11.8 Å². The number of likely N-dealkylation sites (tertiary alicyclic amines) is 1. The van der Waals surface area contributed by atoms with E-state index in [9.17, 15) is 9.18 Å². The quantitative estimate of drug-likeness (QED) is 0.829. The monoisotopic (exact) mass is 259 g/mol. The van der Waals surface area contributed by atoms with Crippen LogP contribution < -0.4 is 0 Å². The highest BCUT2D eigenvalue weighted by molar-refractivity contribution is 5.95. The van der Waals surface area contributed by atoms with Crippen molar-refractivity contribution >= 4 is 5.91 Å². The van der Waals surface area contributed by atoms with E-state index in [1.54, 1.807) is 23.1 Å². The highest BCUT2D eigenvalue weighted by Crippen LogP contribution is 2.23. The molecule has 0 N–H and O–H groups in total. The topological polar surface area (TPSA) is 33.5 Å². The van der Waals surface area contributed by atoms with Gasteiger partial charge in [0.15, 0.2) is 0 Å². The van der Waals surface area contributed by atoms with Gasteiger partial charge in [0.25, 0.3) is 5.91 Å². The third-order valence-corrected chi connectivity index (χ3v) is 3.40. The first kappa shape index (κ1) is 12.0. The van der Waals surface area contributed by atoms with Crippen LogP contribution in [0.1, 0.15) is 23.2 Å². The first-order valence-corrected chi connectivity index (χ1v) is 6.38. The second kappa shape index (κ2) is 4.88. The van der Waals surface area contributed by atoms with Gasteiger partial charge in [-0.2, -0.15) is 0 Å². The molecule has 0 unspecified atom stereocenters. The molecular formula is C15H14FNO2. The number of hydrogen-bond donors (Lipinski definition) is 0. The summed E-state index contributed by atoms with van der Waals surface area (Å²) in [7, 11) is 0. The summed E-state index contributed by atoms with van der Waals surface area (Å²) >= 11 is 0. The molecule has 98 valence electrons. The van der Waals surface area contributed by atoms with Crippen molar-refractivity contribution in [3.05, 3.63) is 48.0 Å². The molecule has 2 aromatic rings. The summed E-state index contributed by atoms with van der Waals surface area (Å²) in [5.41, 5.74) is 0.776. The lowest BCUT2D eigenvalue weighted by molar-refractivity contribution is 0.0788. The summed E-state index contributed by atoms with van der Waals surface area (Å²) in [6.45, 7) is 1.44. The lowest BCUT2D eigenvalue weighted by atomic mass is 10.1. The third kappa shape index (κ3) is 2.26. The fourth-order valence-electron chi connectivity index (χ4n) is 2.38. The average Bonchev–Trinajstić information content (AvgIpc) is 3.11. The van der Waals surface area contributed by atoms with Crippen molar-refractivity contribution in [1.29, 1.82) is 0 Å². The minimum absolute atomic E-state index is 0.136. The van der Waals surface area contributed by atoms with Gasteiger partial charge in [-0.1, -0.05) is 6.07 Å². The standard InChI is InChI=1S/C15H14FNO2/c16-13-10-11(14-4-3-9-19-14)5-6-12(13)15(18)17-7-1-2-8-17/h3-6,9-10H,1-2,7-8H2. The van der Waals surface area contributed by atoms with Gasteiger partial charge in [0.2, 0.25) is 0 Å². The first-order chi connectivity index (χ1) is 9.25. The van der Waals surface area contributed by atoms with Crippen molar-refractivity contribution in [1.82, 2.24) is 4.90 Å². The number of furan rings is 1. The predicted molar refractivity (Wildman–Crippen MR) is 69.2 cm³/mol. The van der Waals surface area contributed by atoms with Gasteiger partial charge < -0.3 is 9.32 Å². The van der Waals surface area contributed by atoms with E-state index in [-0.39, 0.29) is 11.5 Å². The highest BCUT2D eigenvalue weighted by Gasteiger charge is 2.22. The number of carbonyl (C=O) groups excluding carboxylic acids is 1. The molecule has 4 heteroatoms. The average molecular weight is 259 g/mol. The zero-order chi connectivity index (χ0) is 13.2. The van der Waals surface area contributed by atoms with Crippen molar-refractivity contribution in [3.63, 3.8) is 0 Å². The molecule has 0 radical (unpaired) electrons. The van der Waals surface area contributed by atoms with Gasteiger partial charge in [-0.3, -0.25) is 4.79 Å². The normalized spacial score (nSPS) is 14.9. The molecule has 0 spiro atoms. The van der Waals surface area contributed by atoms with E-state index in [2.05, 4.69) is 0 Å². The van der Waals surface area contributed by atoms with Crippen molar-refractivity contribution in [2.75, 3.05) is 13.1 Å². The SMILES string of the molecule is O=C(c1ccc(-c2ccco2)cc1F)N1CCCC1. The van der Waals surface area contributed by atoms with Crippen molar-refractivity contribution in [2.45, 2.75) is 12.8 Å². The second-order valence-electron chi connectivity index (χ2n) is 4.67. The van der Waals surface area contributed by atoms with Gasteiger partial charge in [-0.25, -0.2) is 4.39 Å². The summed E-state index contributed by atoms with van der Waals surface area (Å²) in [5.74, 6) is -0.120. The molecule has 3 rings (SSSR count). The smallest absolute Gasteiger partial charge is 0.256 e. The van der Waals surface area contributed by atoms with Crippen LogP contribution in [0.3, 0.4) is 0 Å². The molecule has 0 atom stereocenters. The van der Waals surface area contributed by atoms with Crippen LogP contribution in [-0.4, -0.2) is 23.9 Å². The van der Waals surface area contributed by atoms with E-state index >= 15 is 0 Å². The maximum absolute atomic E-state index is 14.1. The van der Waals surface area contributed by atoms with Crippen LogP contribution in [0.15, 0.2) is 41.0 Å². The number of nitrogens with zero attached hydrogens (tertiary/aromatic N) is 1. The number of halogens is 1. The summed E-state index contributed by atoms with van der Waals surface area (Å²) in [4.78, 5) is 13.8. The van der Waals surface area contributed by atoms with E-state index in [0.29, 0.717) is 11.3 Å². The number of hydrogen-bond acceptors (Lipinski definition) is 2. The Kier molecular flexibility index (Phi) is 3.07. The van der Waals surface area contributed by atoms with Gasteiger partial charge >= 0.3 is 0 Å². The third-order valence-electron chi connectivity index (χ3n) is 3.40. The minimum Gasteiger partial charge on any atom is -0.464 e. The first-order valence-electron chi connectivity index (χ1n) is 6.38. The zero-order valence-electron chi connectivity index (χ0n) is 10.4. The van der Waals surface area contributed by atoms with Gasteiger partial charge in [-0.05, 0) is 37.1 Å². The molecule has 1 aliphatic rings. The Morgan fingerprint density at radius 3 is 2.63 bits per heavy atom. The van der Waals surface area contributed by atoms with Crippen LogP contribution in [0, 0.1) is 5.82 Å². The maximum Gasteiger partial charge on any atom is 0.256 e. The molecule has 1 fully saturated rings. The van der Waals surface area contributed by atoms with Gasteiger partial charge in [0, 0.05) is 18.7 Å². The summed E-state index contributed by atoms with van der Waals surface area (Å²) < 4.78 is 19.3. The maximum atomic E-state index is 14.1. The Bertz CT molecular complexity index is 586. The van der Waals surface area contributed by atoms with E-state index in [1.165, 1.54) is 18.4 Å². The van der Waals surface area contributed by atoms with Crippen molar-refractivity contribution in [3.8, 4) is 11.3 Å². The molecule has 1 aromatic heterocycles. The van der Waals surface area contributed by atoms with E-state index < -0.39 is 5.82 Å². The molecule has 2 heterocycles. The lowest BCUT2D eigenvalue weighted by Crippen LogP contribution is -2.28. The molecule has 3 nitrogen and oxygen atoms in total. The lowest BCUT2D eigenvalue weighted by Gasteiger charge is -2.15. The Labute approximate surface area is 110 Å². The second-order valence-corrected chi connectivity index (χ2v) is 4.67. The van der Waals surface area contributed by atoms with E-state index in [4.69, 9.17) is 4.42 Å². The zero-order valence-corrected chi connectivity index (χ0v) is 10.4. The Hall–Kier alpha value is -2.10. The Balaban J connectivity index is 1.89. The number of benzene rings is 1. The summed E-state index contributed by atoms with van der Waals surface area (Å²) in [6, 6.07) is 8.11. The van der Waals surface area contributed by atoms with Crippen LogP contribution >= 0.6 is 0 Å². The molecule has 19 heavy (non-hydrogen) atoms. The minimum atomic E-state index is -0.495. The largest absolute Gasteiger partial charge is 0.464 e. The van der Waals surface area contributed by atoms with Crippen LogP contribution in [0.2, 0.25) is 0 Å². The Morgan fingerprint density at radius 2 is 2.00 bits per heavy atom. The molecule has 0 aliphatic carbocycles. The molecular weight excluding hydrogens is 245 g/mol. The predicted octanol–water partition coefficient (Wildman–Crippen LogP) is 3.32.